The molecule has 108 valence electrons. The number of nitrogens with one attached hydrogen (secondary N) is 1. The summed E-state index contributed by atoms with van der Waals surface area (Å²) in [5, 5.41) is 13.8. The summed E-state index contributed by atoms with van der Waals surface area (Å²) in [4.78, 5) is 12.7. The number of ether oxygens (including phenoxy) is 2. The highest BCUT2D eigenvalue weighted by molar-refractivity contribution is 7.12. The summed E-state index contributed by atoms with van der Waals surface area (Å²) in [7, 11) is 3.03. The zero-order valence-electron chi connectivity index (χ0n) is 11.6. The number of nitriles is 1. The molecule has 0 spiro atoms. The summed E-state index contributed by atoms with van der Waals surface area (Å²) in [6.07, 6.45) is 0. The van der Waals surface area contributed by atoms with Gasteiger partial charge in [0, 0.05) is 5.56 Å². The number of benzene rings is 1. The minimum Gasteiger partial charge on any atom is -0.496 e. The second kappa shape index (κ2) is 6.77. The van der Waals surface area contributed by atoms with E-state index in [0.717, 1.165) is 0 Å². The molecule has 2 aromatic rings. The molecule has 1 N–H and O–H groups in total. The summed E-state index contributed by atoms with van der Waals surface area (Å²) < 4.78 is 10.3. The molecule has 0 bridgehead atoms. The predicted molar refractivity (Wildman–Crippen MR) is 79.7 cm³/mol. The van der Waals surface area contributed by atoms with Gasteiger partial charge >= 0.3 is 0 Å². The summed E-state index contributed by atoms with van der Waals surface area (Å²) in [5.41, 5.74) is 0.617. The molecule has 1 atom stereocenters. The van der Waals surface area contributed by atoms with E-state index in [4.69, 9.17) is 9.47 Å². The monoisotopic (exact) mass is 302 g/mol. The molecule has 1 aromatic carbocycles. The third-order valence-electron chi connectivity index (χ3n) is 2.91. The quantitative estimate of drug-likeness (QED) is 0.922. The Bertz CT molecular complexity index is 676. The van der Waals surface area contributed by atoms with Crippen LogP contribution in [-0.2, 0) is 0 Å². The van der Waals surface area contributed by atoms with Crippen LogP contribution >= 0.6 is 11.3 Å². The minimum absolute atomic E-state index is 0.348. The second-order valence-electron chi connectivity index (χ2n) is 4.10. The summed E-state index contributed by atoms with van der Waals surface area (Å²) >= 11 is 1.26. The number of carbonyl (C=O) groups excluding carboxylic acids is 1. The van der Waals surface area contributed by atoms with Crippen LogP contribution < -0.4 is 14.8 Å². The topological polar surface area (TPSA) is 71.3 Å². The van der Waals surface area contributed by atoms with E-state index in [0.29, 0.717) is 21.9 Å². The highest BCUT2D eigenvalue weighted by Crippen LogP contribution is 2.27. The Labute approximate surface area is 126 Å². The molecule has 1 amide bonds. The van der Waals surface area contributed by atoms with E-state index < -0.39 is 6.04 Å². The normalized spacial score (nSPS) is 11.3. The maximum atomic E-state index is 12.3. The fourth-order valence-corrected chi connectivity index (χ4v) is 2.67. The van der Waals surface area contributed by atoms with E-state index >= 15 is 0 Å². The lowest BCUT2D eigenvalue weighted by molar-refractivity contribution is 0.0946. The van der Waals surface area contributed by atoms with Gasteiger partial charge in [0.25, 0.3) is 5.91 Å². The smallest absolute Gasteiger partial charge is 0.266 e. The number of hydrogen-bond donors (Lipinski definition) is 1. The van der Waals surface area contributed by atoms with Gasteiger partial charge in [-0.15, -0.1) is 11.3 Å². The van der Waals surface area contributed by atoms with Crippen molar-refractivity contribution in [1.29, 1.82) is 5.26 Å². The van der Waals surface area contributed by atoms with E-state index in [-0.39, 0.29) is 5.91 Å². The molecule has 0 saturated carbocycles. The first-order valence-electron chi connectivity index (χ1n) is 6.16. The van der Waals surface area contributed by atoms with Crippen molar-refractivity contribution in [2.24, 2.45) is 0 Å². The van der Waals surface area contributed by atoms with Gasteiger partial charge in [-0.1, -0.05) is 18.2 Å². The molecule has 0 saturated heterocycles. The van der Waals surface area contributed by atoms with E-state index in [1.54, 1.807) is 35.7 Å². The second-order valence-corrected chi connectivity index (χ2v) is 5.01. The van der Waals surface area contributed by atoms with Crippen molar-refractivity contribution in [3.63, 3.8) is 0 Å². The summed E-state index contributed by atoms with van der Waals surface area (Å²) in [6, 6.07) is 10.1. The summed E-state index contributed by atoms with van der Waals surface area (Å²) in [6.45, 7) is 0. The summed E-state index contributed by atoms with van der Waals surface area (Å²) in [5.74, 6) is 0.705. The molecule has 1 aromatic heterocycles. The van der Waals surface area contributed by atoms with Crippen molar-refractivity contribution in [3.05, 3.63) is 46.2 Å². The number of methoxy groups -OCH3 is 2. The molecule has 1 heterocycles. The van der Waals surface area contributed by atoms with Crippen molar-refractivity contribution < 1.29 is 14.3 Å². The zero-order valence-corrected chi connectivity index (χ0v) is 12.4. The van der Waals surface area contributed by atoms with Gasteiger partial charge in [-0.3, -0.25) is 4.79 Å². The molecule has 21 heavy (non-hydrogen) atoms. The molecule has 0 aliphatic rings. The molecular formula is C15H14N2O3S. The Morgan fingerprint density at radius 2 is 1.95 bits per heavy atom. The molecule has 2 rings (SSSR count). The van der Waals surface area contributed by atoms with Gasteiger partial charge in [0.05, 0.1) is 20.3 Å². The number of nitrogens with zero attached hydrogens (tertiary/aromatic N) is 1. The van der Waals surface area contributed by atoms with Crippen LogP contribution in [0.4, 0.5) is 0 Å². The van der Waals surface area contributed by atoms with Crippen LogP contribution in [0.1, 0.15) is 21.3 Å². The fraction of sp³-hybridized carbons (Fsp3) is 0.200. The van der Waals surface area contributed by atoms with Crippen LogP contribution in [0.5, 0.6) is 11.5 Å². The van der Waals surface area contributed by atoms with Crippen LogP contribution in [0.2, 0.25) is 0 Å². The maximum absolute atomic E-state index is 12.3. The van der Waals surface area contributed by atoms with Gasteiger partial charge in [0.2, 0.25) is 0 Å². The number of rotatable bonds is 5. The third-order valence-corrected chi connectivity index (χ3v) is 3.80. The average molecular weight is 302 g/mol. The first-order valence-corrected chi connectivity index (χ1v) is 7.04. The molecule has 0 aliphatic carbocycles. The highest BCUT2D eigenvalue weighted by atomic mass is 32.1. The van der Waals surface area contributed by atoms with E-state index in [1.807, 2.05) is 0 Å². The lowest BCUT2D eigenvalue weighted by Gasteiger charge is -2.15. The molecule has 0 unspecified atom stereocenters. The number of carbonyl (C=O) groups is 1. The van der Waals surface area contributed by atoms with E-state index in [9.17, 15) is 10.1 Å². The molecule has 0 aliphatic heterocycles. The van der Waals surface area contributed by atoms with Crippen LogP contribution in [0.3, 0.4) is 0 Å². The largest absolute Gasteiger partial charge is 0.496 e. The fourth-order valence-electron chi connectivity index (χ4n) is 1.90. The highest BCUT2D eigenvalue weighted by Gasteiger charge is 2.21. The van der Waals surface area contributed by atoms with Crippen molar-refractivity contribution in [1.82, 2.24) is 5.32 Å². The van der Waals surface area contributed by atoms with Crippen molar-refractivity contribution >= 4 is 17.2 Å². The number of amides is 1. The average Bonchev–Trinajstić information content (AvgIpc) is 3.01. The number of hydrogen-bond acceptors (Lipinski definition) is 5. The Balaban J connectivity index is 2.24. The Morgan fingerprint density at radius 1 is 1.24 bits per heavy atom. The number of thiophene rings is 1. The third kappa shape index (κ3) is 3.15. The number of para-hydroxylation sites is 1. The van der Waals surface area contributed by atoms with Crippen LogP contribution in [-0.4, -0.2) is 20.1 Å². The van der Waals surface area contributed by atoms with Gasteiger partial charge in [0.15, 0.2) is 0 Å². The lowest BCUT2D eigenvalue weighted by Crippen LogP contribution is -2.27. The van der Waals surface area contributed by atoms with Crippen LogP contribution in [0.15, 0.2) is 35.7 Å². The van der Waals surface area contributed by atoms with Crippen molar-refractivity contribution in [2.75, 3.05) is 14.2 Å². The van der Waals surface area contributed by atoms with Gasteiger partial charge in [-0.05, 0) is 17.5 Å². The van der Waals surface area contributed by atoms with E-state index in [1.165, 1.54) is 25.6 Å². The lowest BCUT2D eigenvalue weighted by atomic mass is 10.1. The van der Waals surface area contributed by atoms with Crippen LogP contribution in [0, 0.1) is 11.3 Å². The van der Waals surface area contributed by atoms with Gasteiger partial charge in [0.1, 0.15) is 22.4 Å². The minimum atomic E-state index is -0.791. The maximum Gasteiger partial charge on any atom is 0.266 e. The van der Waals surface area contributed by atoms with Crippen molar-refractivity contribution in [2.45, 2.75) is 6.04 Å². The van der Waals surface area contributed by atoms with Crippen molar-refractivity contribution in [3.8, 4) is 17.6 Å². The Kier molecular flexibility index (Phi) is 4.80. The van der Waals surface area contributed by atoms with Gasteiger partial charge in [-0.2, -0.15) is 5.26 Å². The molecule has 0 fully saturated rings. The molecular weight excluding hydrogens is 288 g/mol. The first kappa shape index (κ1) is 14.9. The SMILES string of the molecule is COc1ccccc1[C@H](C#N)NC(=O)c1sccc1OC. The standard InChI is InChI=1S/C15H14N2O3S/c1-19-12-6-4-3-5-10(12)11(9-16)17-15(18)14-13(20-2)7-8-21-14/h3-8,11H,1-2H3,(H,17,18)/t11-/m0/s1. The molecule has 5 nitrogen and oxygen atoms in total. The first-order chi connectivity index (χ1) is 10.2. The Hall–Kier alpha value is -2.52. The van der Waals surface area contributed by atoms with Gasteiger partial charge in [-0.25, -0.2) is 0 Å². The molecule has 6 heteroatoms. The van der Waals surface area contributed by atoms with Crippen LogP contribution in [0.25, 0.3) is 0 Å². The van der Waals surface area contributed by atoms with E-state index in [2.05, 4.69) is 11.4 Å². The van der Waals surface area contributed by atoms with Gasteiger partial charge < -0.3 is 14.8 Å². The predicted octanol–water partition coefficient (Wildman–Crippen LogP) is 2.76. The molecule has 0 radical (unpaired) electrons. The zero-order chi connectivity index (χ0) is 15.2. The Morgan fingerprint density at radius 3 is 2.62 bits per heavy atom.